The van der Waals surface area contributed by atoms with E-state index in [4.69, 9.17) is 17.3 Å². The molecular formula is C11H12ClN3OS. The maximum absolute atomic E-state index is 12.1. The molecule has 0 fully saturated rings. The number of nitrogens with two attached hydrogens (primary N) is 1. The molecule has 0 aliphatic heterocycles. The molecule has 1 unspecified atom stereocenters. The van der Waals surface area contributed by atoms with Crippen LogP contribution in [0.5, 0.6) is 0 Å². The standard InChI is InChI=1S/C11H12ClN3OS/c1-15-6-8(5-14-15)7-17(16)9-2-3-11(13)10(12)4-9/h2-6H,7,13H2,1H3. The summed E-state index contributed by atoms with van der Waals surface area (Å²) in [5.41, 5.74) is 7.02. The first-order chi connectivity index (χ1) is 8.06. The summed E-state index contributed by atoms with van der Waals surface area (Å²) < 4.78 is 13.7. The molecule has 2 rings (SSSR count). The van der Waals surface area contributed by atoms with Crippen molar-refractivity contribution in [3.63, 3.8) is 0 Å². The van der Waals surface area contributed by atoms with Crippen LogP contribution >= 0.6 is 11.6 Å². The maximum Gasteiger partial charge on any atom is 0.0647 e. The van der Waals surface area contributed by atoms with E-state index in [-0.39, 0.29) is 0 Å². The Kier molecular flexibility index (Phi) is 3.49. The number of halogens is 1. The minimum absolute atomic E-state index is 0.425. The smallest absolute Gasteiger partial charge is 0.0647 e. The normalized spacial score (nSPS) is 12.6. The predicted octanol–water partition coefficient (Wildman–Crippen LogP) is 1.96. The topological polar surface area (TPSA) is 60.9 Å². The molecule has 0 saturated carbocycles. The van der Waals surface area contributed by atoms with Gasteiger partial charge < -0.3 is 5.73 Å². The predicted molar refractivity (Wildman–Crippen MR) is 69.2 cm³/mol. The minimum atomic E-state index is -1.13. The van der Waals surface area contributed by atoms with E-state index in [0.29, 0.717) is 21.4 Å². The highest BCUT2D eigenvalue weighted by Crippen LogP contribution is 2.22. The van der Waals surface area contributed by atoms with E-state index in [1.165, 1.54) is 0 Å². The fraction of sp³-hybridized carbons (Fsp3) is 0.182. The number of hydrogen-bond acceptors (Lipinski definition) is 3. The number of anilines is 1. The summed E-state index contributed by atoms with van der Waals surface area (Å²) in [6.07, 6.45) is 3.55. The summed E-state index contributed by atoms with van der Waals surface area (Å²) in [4.78, 5) is 0.674. The second-order valence-corrected chi connectivity index (χ2v) is 5.55. The van der Waals surface area contributed by atoms with Crippen LogP contribution in [-0.2, 0) is 23.6 Å². The molecule has 1 atom stereocenters. The van der Waals surface area contributed by atoms with E-state index in [9.17, 15) is 4.21 Å². The monoisotopic (exact) mass is 269 g/mol. The molecule has 1 heterocycles. The minimum Gasteiger partial charge on any atom is -0.398 e. The van der Waals surface area contributed by atoms with Gasteiger partial charge in [0, 0.05) is 23.7 Å². The number of rotatable bonds is 3. The molecule has 0 radical (unpaired) electrons. The van der Waals surface area contributed by atoms with Crippen LogP contribution < -0.4 is 5.73 Å². The van der Waals surface area contributed by atoms with Crippen LogP contribution in [0.25, 0.3) is 0 Å². The van der Waals surface area contributed by atoms with Gasteiger partial charge in [-0.15, -0.1) is 0 Å². The van der Waals surface area contributed by atoms with Crippen molar-refractivity contribution in [2.24, 2.45) is 7.05 Å². The van der Waals surface area contributed by atoms with Crippen molar-refractivity contribution in [3.05, 3.63) is 41.2 Å². The van der Waals surface area contributed by atoms with Crippen molar-refractivity contribution in [1.82, 2.24) is 9.78 Å². The quantitative estimate of drug-likeness (QED) is 0.867. The highest BCUT2D eigenvalue weighted by atomic mass is 35.5. The summed E-state index contributed by atoms with van der Waals surface area (Å²) in [5, 5.41) is 4.46. The Morgan fingerprint density at radius 3 is 2.88 bits per heavy atom. The maximum atomic E-state index is 12.1. The molecule has 90 valence electrons. The summed E-state index contributed by atoms with van der Waals surface area (Å²) >= 11 is 5.89. The first-order valence-electron chi connectivity index (χ1n) is 4.97. The number of aryl methyl sites for hydroxylation is 1. The highest BCUT2D eigenvalue weighted by Gasteiger charge is 2.08. The summed E-state index contributed by atoms with van der Waals surface area (Å²) in [5.74, 6) is 0.425. The number of aromatic nitrogens is 2. The van der Waals surface area contributed by atoms with Crippen molar-refractivity contribution in [2.75, 3.05) is 5.73 Å². The first-order valence-corrected chi connectivity index (χ1v) is 6.67. The van der Waals surface area contributed by atoms with E-state index >= 15 is 0 Å². The Bertz CT molecular complexity index is 568. The zero-order valence-electron chi connectivity index (χ0n) is 9.26. The second kappa shape index (κ2) is 4.89. The molecule has 0 saturated heterocycles. The van der Waals surface area contributed by atoms with Crippen LogP contribution in [-0.4, -0.2) is 14.0 Å². The lowest BCUT2D eigenvalue weighted by molar-refractivity contribution is 0.682. The van der Waals surface area contributed by atoms with Gasteiger partial charge in [0.25, 0.3) is 0 Å². The molecule has 4 nitrogen and oxygen atoms in total. The number of nitrogen functional groups attached to an aromatic ring is 1. The van der Waals surface area contributed by atoms with Crippen molar-refractivity contribution in [2.45, 2.75) is 10.6 Å². The van der Waals surface area contributed by atoms with Gasteiger partial charge in [-0.2, -0.15) is 5.10 Å². The highest BCUT2D eigenvalue weighted by molar-refractivity contribution is 7.84. The van der Waals surface area contributed by atoms with Crippen LogP contribution in [0.15, 0.2) is 35.5 Å². The van der Waals surface area contributed by atoms with Crippen LogP contribution in [0.1, 0.15) is 5.56 Å². The second-order valence-electron chi connectivity index (χ2n) is 3.70. The molecule has 0 aliphatic carbocycles. The average molecular weight is 270 g/mol. The van der Waals surface area contributed by atoms with Gasteiger partial charge in [-0.3, -0.25) is 8.89 Å². The van der Waals surface area contributed by atoms with Gasteiger partial charge in [0.1, 0.15) is 0 Å². The third-order valence-electron chi connectivity index (χ3n) is 2.29. The molecule has 2 N–H and O–H groups in total. The van der Waals surface area contributed by atoms with E-state index < -0.39 is 10.8 Å². The van der Waals surface area contributed by atoms with Crippen molar-refractivity contribution >= 4 is 28.1 Å². The fourth-order valence-electron chi connectivity index (χ4n) is 1.43. The summed E-state index contributed by atoms with van der Waals surface area (Å²) in [6.45, 7) is 0. The van der Waals surface area contributed by atoms with Crippen molar-refractivity contribution < 1.29 is 4.21 Å². The number of hydrogen-bond donors (Lipinski definition) is 1. The molecule has 17 heavy (non-hydrogen) atoms. The molecule has 0 bridgehead atoms. The van der Waals surface area contributed by atoms with Gasteiger partial charge in [-0.25, -0.2) is 0 Å². The van der Waals surface area contributed by atoms with Gasteiger partial charge in [-0.05, 0) is 18.2 Å². The Labute approximate surface area is 107 Å². The van der Waals surface area contributed by atoms with Gasteiger partial charge in [-0.1, -0.05) is 11.6 Å². The van der Waals surface area contributed by atoms with Crippen molar-refractivity contribution in [1.29, 1.82) is 0 Å². The lowest BCUT2D eigenvalue weighted by atomic mass is 10.3. The summed E-state index contributed by atoms with van der Waals surface area (Å²) in [7, 11) is 0.693. The van der Waals surface area contributed by atoms with E-state index in [2.05, 4.69) is 5.10 Å². The Hall–Kier alpha value is -1.33. The number of nitrogens with zero attached hydrogens (tertiary/aromatic N) is 2. The van der Waals surface area contributed by atoms with Gasteiger partial charge >= 0.3 is 0 Å². The lowest BCUT2D eigenvalue weighted by Gasteiger charge is -2.03. The molecule has 0 aliphatic rings. The zero-order chi connectivity index (χ0) is 12.4. The van der Waals surface area contributed by atoms with Crippen LogP contribution in [0.3, 0.4) is 0 Å². The van der Waals surface area contributed by atoms with E-state index in [1.807, 2.05) is 13.2 Å². The third kappa shape index (κ3) is 2.87. The number of benzene rings is 1. The molecule has 6 heteroatoms. The Morgan fingerprint density at radius 2 is 2.29 bits per heavy atom. The van der Waals surface area contributed by atoms with Gasteiger partial charge in [0.05, 0.1) is 33.5 Å². The molecule has 2 aromatic rings. The molecule has 1 aromatic carbocycles. The van der Waals surface area contributed by atoms with Crippen molar-refractivity contribution in [3.8, 4) is 0 Å². The zero-order valence-corrected chi connectivity index (χ0v) is 10.8. The molecular weight excluding hydrogens is 258 g/mol. The molecule has 1 aromatic heterocycles. The Balaban J connectivity index is 2.17. The van der Waals surface area contributed by atoms with Crippen LogP contribution in [0.4, 0.5) is 5.69 Å². The first kappa shape index (κ1) is 12.1. The third-order valence-corrected chi connectivity index (χ3v) is 3.99. The SMILES string of the molecule is Cn1cc(CS(=O)c2ccc(N)c(Cl)c2)cn1. The van der Waals surface area contributed by atoms with E-state index in [1.54, 1.807) is 29.1 Å². The molecule has 0 spiro atoms. The largest absolute Gasteiger partial charge is 0.398 e. The fourth-order valence-corrected chi connectivity index (χ4v) is 2.76. The van der Waals surface area contributed by atoms with Gasteiger partial charge in [0.2, 0.25) is 0 Å². The van der Waals surface area contributed by atoms with E-state index in [0.717, 1.165) is 5.56 Å². The van der Waals surface area contributed by atoms with Gasteiger partial charge in [0.15, 0.2) is 0 Å². The average Bonchev–Trinajstić information content (AvgIpc) is 2.68. The lowest BCUT2D eigenvalue weighted by Crippen LogP contribution is -1.97. The Morgan fingerprint density at radius 1 is 1.53 bits per heavy atom. The van der Waals surface area contributed by atoms with Crippen LogP contribution in [0, 0.1) is 0 Å². The van der Waals surface area contributed by atoms with Crippen LogP contribution in [0.2, 0.25) is 5.02 Å². The summed E-state index contributed by atoms with van der Waals surface area (Å²) in [6, 6.07) is 5.04. The molecule has 0 amide bonds.